The molecule has 2 heterocycles. The highest BCUT2D eigenvalue weighted by Crippen LogP contribution is 2.26. The molecule has 0 unspecified atom stereocenters. The number of likely N-dealkylation sites (N-methyl/N-ethyl adjacent to an activating group) is 2. The zero-order valence-electron chi connectivity index (χ0n) is 19.4. The number of carbonyl (C=O) groups is 2. The fourth-order valence-corrected chi connectivity index (χ4v) is 5.16. The van der Waals surface area contributed by atoms with Crippen LogP contribution in [0.4, 0.5) is 4.79 Å². The van der Waals surface area contributed by atoms with Gasteiger partial charge in [0.25, 0.3) is 0 Å². The molecule has 0 bridgehead atoms. The molecule has 0 spiro atoms. The minimum Gasteiger partial charge on any atom is -0.342 e. The maximum atomic E-state index is 12.7. The zero-order valence-corrected chi connectivity index (χ0v) is 19.4. The van der Waals surface area contributed by atoms with Crippen molar-refractivity contribution in [1.82, 2.24) is 24.9 Å². The van der Waals surface area contributed by atoms with Gasteiger partial charge in [0.05, 0.1) is 0 Å². The predicted octanol–water partition coefficient (Wildman–Crippen LogP) is 2.23. The second-order valence-corrected chi connectivity index (χ2v) is 9.82. The molecular weight excluding hydrogens is 378 g/mol. The number of rotatable bonds is 6. The summed E-state index contributed by atoms with van der Waals surface area (Å²) in [6.45, 7) is 5.53. The number of carbonyl (C=O) groups excluding carboxylic acids is 2. The monoisotopic (exact) mass is 421 g/mol. The summed E-state index contributed by atoms with van der Waals surface area (Å²) < 4.78 is 0. The van der Waals surface area contributed by atoms with Gasteiger partial charge in [0.15, 0.2) is 0 Å². The molecule has 0 atom stereocenters. The van der Waals surface area contributed by atoms with Crippen LogP contribution in [0.1, 0.15) is 57.8 Å². The van der Waals surface area contributed by atoms with Gasteiger partial charge in [-0.25, -0.2) is 4.79 Å². The van der Waals surface area contributed by atoms with Crippen LogP contribution in [0.5, 0.6) is 0 Å². The van der Waals surface area contributed by atoms with Crippen molar-refractivity contribution in [2.24, 2.45) is 5.92 Å². The first-order valence-electron chi connectivity index (χ1n) is 12.1. The Morgan fingerprint density at radius 1 is 0.867 bits per heavy atom. The third-order valence-electron chi connectivity index (χ3n) is 7.53. The van der Waals surface area contributed by atoms with Gasteiger partial charge in [-0.3, -0.25) is 4.79 Å². The van der Waals surface area contributed by atoms with E-state index in [4.69, 9.17) is 0 Å². The molecule has 1 saturated carbocycles. The molecule has 2 aliphatic heterocycles. The van der Waals surface area contributed by atoms with Crippen LogP contribution < -0.4 is 5.32 Å². The van der Waals surface area contributed by atoms with Crippen molar-refractivity contribution >= 4 is 11.9 Å². The van der Waals surface area contributed by atoms with E-state index in [-0.39, 0.29) is 18.0 Å². The maximum Gasteiger partial charge on any atom is 0.317 e. The minimum atomic E-state index is 0.0174. The Balaban J connectivity index is 1.33. The highest BCUT2D eigenvalue weighted by atomic mass is 16.2. The molecule has 3 aliphatic rings. The van der Waals surface area contributed by atoms with Crippen LogP contribution in [0, 0.1) is 5.92 Å². The van der Waals surface area contributed by atoms with E-state index in [0.29, 0.717) is 11.9 Å². The second kappa shape index (κ2) is 11.3. The Morgan fingerprint density at radius 2 is 1.50 bits per heavy atom. The molecule has 30 heavy (non-hydrogen) atoms. The van der Waals surface area contributed by atoms with Crippen molar-refractivity contribution in [2.75, 3.05) is 60.4 Å². The number of amides is 3. The van der Waals surface area contributed by atoms with E-state index in [1.54, 1.807) is 0 Å². The maximum absolute atomic E-state index is 12.7. The molecule has 0 radical (unpaired) electrons. The fourth-order valence-electron chi connectivity index (χ4n) is 5.16. The Hall–Kier alpha value is -1.34. The molecule has 0 aromatic heterocycles. The molecule has 7 heteroatoms. The largest absolute Gasteiger partial charge is 0.342 e. The number of hydrogen-bond donors (Lipinski definition) is 1. The van der Waals surface area contributed by atoms with Crippen LogP contribution in [0.3, 0.4) is 0 Å². The van der Waals surface area contributed by atoms with Crippen molar-refractivity contribution in [3.05, 3.63) is 0 Å². The van der Waals surface area contributed by atoms with Gasteiger partial charge in [0.2, 0.25) is 5.91 Å². The lowest BCUT2D eigenvalue weighted by Crippen LogP contribution is -2.51. The van der Waals surface area contributed by atoms with Gasteiger partial charge in [-0.2, -0.15) is 0 Å². The average molecular weight is 422 g/mol. The standard InChI is InChI=1S/C23H43N5O2/c1-25-13-11-21(12-14-25)26(2)17-18-27(3)23(30)24-20-9-15-28(16-10-20)22(29)19-7-5-4-6-8-19/h19-21H,4-18H2,1-3H3,(H,24,30). The van der Waals surface area contributed by atoms with E-state index < -0.39 is 0 Å². The van der Waals surface area contributed by atoms with Gasteiger partial charge in [-0.1, -0.05) is 19.3 Å². The molecule has 1 aliphatic carbocycles. The van der Waals surface area contributed by atoms with Crippen molar-refractivity contribution in [3.63, 3.8) is 0 Å². The summed E-state index contributed by atoms with van der Waals surface area (Å²) in [5, 5.41) is 3.19. The van der Waals surface area contributed by atoms with Gasteiger partial charge in [-0.15, -0.1) is 0 Å². The van der Waals surface area contributed by atoms with Crippen LogP contribution in [-0.2, 0) is 4.79 Å². The van der Waals surface area contributed by atoms with Gasteiger partial charge in [0.1, 0.15) is 0 Å². The molecule has 7 nitrogen and oxygen atoms in total. The summed E-state index contributed by atoms with van der Waals surface area (Å²) in [7, 11) is 6.26. The third kappa shape index (κ3) is 6.58. The van der Waals surface area contributed by atoms with Gasteiger partial charge >= 0.3 is 6.03 Å². The molecule has 2 saturated heterocycles. The van der Waals surface area contributed by atoms with E-state index in [1.165, 1.54) is 32.1 Å². The first kappa shape index (κ1) is 23.3. The van der Waals surface area contributed by atoms with E-state index in [1.807, 2.05) is 16.8 Å². The Morgan fingerprint density at radius 3 is 2.13 bits per heavy atom. The summed E-state index contributed by atoms with van der Waals surface area (Å²) >= 11 is 0. The molecule has 0 aromatic rings. The third-order valence-corrected chi connectivity index (χ3v) is 7.53. The SMILES string of the molecule is CN1CCC(N(C)CCN(C)C(=O)NC2CCN(C(=O)C3CCCCC3)CC2)CC1. The quantitative estimate of drug-likeness (QED) is 0.715. The number of urea groups is 1. The number of nitrogens with one attached hydrogen (secondary N) is 1. The first-order valence-corrected chi connectivity index (χ1v) is 12.1. The average Bonchev–Trinajstić information content (AvgIpc) is 2.78. The van der Waals surface area contributed by atoms with E-state index in [9.17, 15) is 9.59 Å². The lowest BCUT2D eigenvalue weighted by atomic mass is 9.87. The Bertz CT molecular complexity index is 550. The predicted molar refractivity (Wildman–Crippen MR) is 120 cm³/mol. The van der Waals surface area contributed by atoms with Crippen LogP contribution in [0.25, 0.3) is 0 Å². The summed E-state index contributed by atoms with van der Waals surface area (Å²) in [4.78, 5) is 34.0. The van der Waals surface area contributed by atoms with Crippen LogP contribution in [-0.4, -0.2) is 104 Å². The molecule has 3 amide bonds. The van der Waals surface area contributed by atoms with Crippen molar-refractivity contribution < 1.29 is 9.59 Å². The first-order chi connectivity index (χ1) is 14.4. The smallest absolute Gasteiger partial charge is 0.317 e. The lowest BCUT2D eigenvalue weighted by molar-refractivity contribution is -0.137. The zero-order chi connectivity index (χ0) is 21.5. The second-order valence-electron chi connectivity index (χ2n) is 9.82. The van der Waals surface area contributed by atoms with Gasteiger partial charge in [0, 0.05) is 51.2 Å². The number of piperidine rings is 2. The summed E-state index contributed by atoms with van der Waals surface area (Å²) in [6.07, 6.45) is 9.95. The van der Waals surface area contributed by atoms with E-state index in [2.05, 4.69) is 29.2 Å². The normalized spacial score (nSPS) is 23.0. The van der Waals surface area contributed by atoms with Gasteiger partial charge in [-0.05, 0) is 65.7 Å². The Labute approximate surface area is 183 Å². The highest BCUT2D eigenvalue weighted by molar-refractivity contribution is 5.79. The van der Waals surface area contributed by atoms with Crippen molar-refractivity contribution in [3.8, 4) is 0 Å². The topological polar surface area (TPSA) is 59.1 Å². The van der Waals surface area contributed by atoms with Gasteiger partial charge < -0.3 is 24.9 Å². The van der Waals surface area contributed by atoms with Crippen molar-refractivity contribution in [1.29, 1.82) is 0 Å². The van der Waals surface area contributed by atoms with Crippen molar-refractivity contribution in [2.45, 2.75) is 69.9 Å². The number of likely N-dealkylation sites (tertiary alicyclic amines) is 2. The molecule has 172 valence electrons. The summed E-state index contributed by atoms with van der Waals surface area (Å²) in [5.74, 6) is 0.603. The molecule has 0 aromatic carbocycles. The van der Waals surface area contributed by atoms with Crippen LogP contribution in [0.15, 0.2) is 0 Å². The van der Waals surface area contributed by atoms with E-state index in [0.717, 1.165) is 65.0 Å². The molecular formula is C23H43N5O2. The number of hydrogen-bond acceptors (Lipinski definition) is 4. The minimum absolute atomic E-state index is 0.0174. The molecule has 3 fully saturated rings. The summed E-state index contributed by atoms with van der Waals surface area (Å²) in [5.41, 5.74) is 0. The lowest BCUT2D eigenvalue weighted by Gasteiger charge is -2.37. The molecule has 3 rings (SSSR count). The van der Waals surface area contributed by atoms with E-state index >= 15 is 0 Å². The van der Waals surface area contributed by atoms with Crippen LogP contribution >= 0.6 is 0 Å². The fraction of sp³-hybridized carbons (Fsp3) is 0.913. The van der Waals surface area contributed by atoms with Crippen LogP contribution in [0.2, 0.25) is 0 Å². The summed E-state index contributed by atoms with van der Waals surface area (Å²) in [6, 6.07) is 0.828. The highest BCUT2D eigenvalue weighted by Gasteiger charge is 2.30. The number of nitrogens with zero attached hydrogens (tertiary/aromatic N) is 4. The molecule has 1 N–H and O–H groups in total. The Kier molecular flexibility index (Phi) is 8.81.